The largest absolute Gasteiger partial charge is 0.444 e. The zero-order valence-corrected chi connectivity index (χ0v) is 13.3. The van der Waals surface area contributed by atoms with Crippen LogP contribution < -0.4 is 0 Å². The van der Waals surface area contributed by atoms with Gasteiger partial charge in [0.2, 0.25) is 5.89 Å². The summed E-state index contributed by atoms with van der Waals surface area (Å²) >= 11 is 0. The normalized spacial score (nSPS) is 18.3. The maximum Gasteiger partial charge on any atom is 0.226 e. The van der Waals surface area contributed by atoms with Crippen LogP contribution in [0.3, 0.4) is 0 Å². The van der Waals surface area contributed by atoms with Crippen molar-refractivity contribution in [1.29, 1.82) is 0 Å². The van der Waals surface area contributed by atoms with E-state index >= 15 is 0 Å². The van der Waals surface area contributed by atoms with Crippen LogP contribution in [0.1, 0.15) is 18.5 Å². The number of nitrogens with zero attached hydrogens (tertiary/aromatic N) is 4. The van der Waals surface area contributed by atoms with Gasteiger partial charge in [0.05, 0.1) is 12.2 Å². The molecule has 4 rings (SSSR count). The average molecular weight is 326 g/mol. The van der Waals surface area contributed by atoms with Gasteiger partial charge in [0, 0.05) is 30.5 Å². The first kappa shape index (κ1) is 15.1. The average Bonchev–Trinajstić information content (AvgIpc) is 3.32. The predicted octanol–water partition coefficient (Wildman–Crippen LogP) is 3.34. The summed E-state index contributed by atoms with van der Waals surface area (Å²) in [6.45, 7) is 2.68. The van der Waals surface area contributed by atoms with Crippen LogP contribution in [0.2, 0.25) is 0 Å². The third kappa shape index (κ3) is 3.23. The quantitative estimate of drug-likeness (QED) is 0.721. The number of likely N-dealkylation sites (tertiary alicyclic amines) is 1. The molecule has 3 aromatic rings. The van der Waals surface area contributed by atoms with E-state index in [9.17, 15) is 4.39 Å². The first-order valence-corrected chi connectivity index (χ1v) is 8.20. The van der Waals surface area contributed by atoms with Gasteiger partial charge < -0.3 is 4.42 Å². The topological polar surface area (TPSA) is 47.1 Å². The highest BCUT2D eigenvalue weighted by atomic mass is 19.1. The standard InChI is InChI=1S/C18H19FN4O/c19-15-5-1-4-14(10-15)18-21-16(13-24-18)11-22-8-2-6-17(22)12-23-9-3-7-20-23/h1,3-5,7,9-10,13,17H,2,6,8,11-12H2/t17-/m0/s1. The molecule has 3 heterocycles. The first-order valence-electron chi connectivity index (χ1n) is 8.20. The Labute approximate surface area is 139 Å². The van der Waals surface area contributed by atoms with Gasteiger partial charge in [-0.1, -0.05) is 6.07 Å². The molecule has 0 spiro atoms. The van der Waals surface area contributed by atoms with Gasteiger partial charge in [-0.3, -0.25) is 9.58 Å². The van der Waals surface area contributed by atoms with Crippen molar-refractivity contribution in [2.24, 2.45) is 0 Å². The molecule has 1 aliphatic rings. The van der Waals surface area contributed by atoms with Crippen molar-refractivity contribution in [3.8, 4) is 11.5 Å². The summed E-state index contributed by atoms with van der Waals surface area (Å²) in [5, 5.41) is 4.29. The minimum Gasteiger partial charge on any atom is -0.444 e. The summed E-state index contributed by atoms with van der Waals surface area (Å²) < 4.78 is 20.8. The molecule has 1 aliphatic heterocycles. The Balaban J connectivity index is 1.45. The van der Waals surface area contributed by atoms with E-state index in [1.54, 1.807) is 18.4 Å². The number of hydrogen-bond acceptors (Lipinski definition) is 4. The zero-order chi connectivity index (χ0) is 16.4. The van der Waals surface area contributed by atoms with Gasteiger partial charge in [0.15, 0.2) is 0 Å². The van der Waals surface area contributed by atoms with Gasteiger partial charge in [0.1, 0.15) is 12.1 Å². The molecular weight excluding hydrogens is 307 g/mol. The number of hydrogen-bond donors (Lipinski definition) is 0. The van der Waals surface area contributed by atoms with Crippen molar-refractivity contribution in [3.05, 3.63) is 60.5 Å². The third-order valence-electron chi connectivity index (χ3n) is 4.44. The predicted molar refractivity (Wildman–Crippen MR) is 87.6 cm³/mol. The summed E-state index contributed by atoms with van der Waals surface area (Å²) in [4.78, 5) is 6.93. The highest BCUT2D eigenvalue weighted by molar-refractivity contribution is 5.52. The Morgan fingerprint density at radius 1 is 1.29 bits per heavy atom. The molecule has 1 aromatic carbocycles. The molecule has 1 fully saturated rings. The van der Waals surface area contributed by atoms with E-state index in [1.165, 1.54) is 18.6 Å². The molecule has 124 valence electrons. The second kappa shape index (κ2) is 6.57. The van der Waals surface area contributed by atoms with Gasteiger partial charge in [-0.2, -0.15) is 5.10 Å². The van der Waals surface area contributed by atoms with E-state index in [0.29, 0.717) is 17.5 Å². The Morgan fingerprint density at radius 2 is 2.25 bits per heavy atom. The fraction of sp³-hybridized carbons (Fsp3) is 0.333. The minimum atomic E-state index is -0.286. The Hall–Kier alpha value is -2.47. The first-order chi connectivity index (χ1) is 11.8. The van der Waals surface area contributed by atoms with Crippen LogP contribution >= 0.6 is 0 Å². The summed E-state index contributed by atoms with van der Waals surface area (Å²) in [6, 6.07) is 8.72. The molecule has 1 atom stereocenters. The van der Waals surface area contributed by atoms with Crippen LogP contribution in [0.15, 0.2) is 53.4 Å². The van der Waals surface area contributed by atoms with E-state index < -0.39 is 0 Å². The molecular formula is C18H19FN4O. The van der Waals surface area contributed by atoms with Crippen molar-refractivity contribution in [1.82, 2.24) is 19.7 Å². The highest BCUT2D eigenvalue weighted by Crippen LogP contribution is 2.24. The highest BCUT2D eigenvalue weighted by Gasteiger charge is 2.26. The van der Waals surface area contributed by atoms with Gasteiger partial charge >= 0.3 is 0 Å². The van der Waals surface area contributed by atoms with E-state index in [4.69, 9.17) is 4.42 Å². The molecule has 0 amide bonds. The molecule has 0 unspecified atom stereocenters. The smallest absolute Gasteiger partial charge is 0.226 e. The fourth-order valence-corrected chi connectivity index (χ4v) is 3.28. The second-order valence-corrected chi connectivity index (χ2v) is 6.15. The number of benzene rings is 1. The molecule has 5 nitrogen and oxygen atoms in total. The van der Waals surface area contributed by atoms with Crippen molar-refractivity contribution >= 4 is 0 Å². The third-order valence-corrected chi connectivity index (χ3v) is 4.44. The Kier molecular flexibility index (Phi) is 4.13. The Morgan fingerprint density at radius 3 is 3.08 bits per heavy atom. The van der Waals surface area contributed by atoms with Crippen LogP contribution in [-0.4, -0.2) is 32.3 Å². The summed E-state index contributed by atoms with van der Waals surface area (Å²) in [6.07, 6.45) is 7.81. The minimum absolute atomic E-state index is 0.286. The molecule has 0 bridgehead atoms. The van der Waals surface area contributed by atoms with Crippen LogP contribution in [0, 0.1) is 5.82 Å². The molecule has 0 saturated carbocycles. The van der Waals surface area contributed by atoms with Crippen LogP contribution in [0.4, 0.5) is 4.39 Å². The summed E-state index contributed by atoms with van der Waals surface area (Å²) in [7, 11) is 0. The molecule has 24 heavy (non-hydrogen) atoms. The lowest BCUT2D eigenvalue weighted by Gasteiger charge is -2.23. The van der Waals surface area contributed by atoms with Gasteiger partial charge in [-0.25, -0.2) is 9.37 Å². The van der Waals surface area contributed by atoms with Crippen LogP contribution in [0.5, 0.6) is 0 Å². The number of rotatable bonds is 5. The molecule has 2 aromatic heterocycles. The molecule has 0 radical (unpaired) electrons. The van der Waals surface area contributed by atoms with Crippen molar-refractivity contribution in [2.75, 3.05) is 6.54 Å². The molecule has 1 saturated heterocycles. The lowest BCUT2D eigenvalue weighted by Crippen LogP contribution is -2.32. The van der Waals surface area contributed by atoms with Crippen LogP contribution in [-0.2, 0) is 13.1 Å². The van der Waals surface area contributed by atoms with E-state index in [1.807, 2.05) is 23.1 Å². The fourth-order valence-electron chi connectivity index (χ4n) is 3.28. The monoisotopic (exact) mass is 326 g/mol. The maximum absolute atomic E-state index is 13.3. The number of aromatic nitrogens is 3. The summed E-state index contributed by atoms with van der Waals surface area (Å²) in [5.74, 6) is 0.179. The van der Waals surface area contributed by atoms with Crippen molar-refractivity contribution < 1.29 is 8.81 Å². The van der Waals surface area contributed by atoms with E-state index in [2.05, 4.69) is 15.0 Å². The van der Waals surface area contributed by atoms with Crippen molar-refractivity contribution in [2.45, 2.75) is 32.0 Å². The number of halogens is 1. The maximum atomic E-state index is 13.3. The van der Waals surface area contributed by atoms with E-state index in [-0.39, 0.29) is 5.82 Å². The van der Waals surface area contributed by atoms with Crippen molar-refractivity contribution in [3.63, 3.8) is 0 Å². The lowest BCUT2D eigenvalue weighted by molar-refractivity contribution is 0.217. The van der Waals surface area contributed by atoms with Crippen LogP contribution in [0.25, 0.3) is 11.5 Å². The number of oxazole rings is 1. The van der Waals surface area contributed by atoms with E-state index in [0.717, 1.165) is 31.7 Å². The van der Waals surface area contributed by atoms with Gasteiger partial charge in [-0.05, 0) is 43.7 Å². The molecule has 0 aliphatic carbocycles. The molecule has 6 heteroatoms. The van der Waals surface area contributed by atoms with Gasteiger partial charge in [0.25, 0.3) is 0 Å². The van der Waals surface area contributed by atoms with Gasteiger partial charge in [-0.15, -0.1) is 0 Å². The Bertz CT molecular complexity index is 799. The summed E-state index contributed by atoms with van der Waals surface area (Å²) in [5.41, 5.74) is 1.54. The zero-order valence-electron chi connectivity index (χ0n) is 13.3. The lowest BCUT2D eigenvalue weighted by atomic mass is 10.2. The molecule has 0 N–H and O–H groups in total. The SMILES string of the molecule is Fc1cccc(-c2nc(CN3CCC[C@H]3Cn3cccn3)co2)c1. The second-order valence-electron chi connectivity index (χ2n) is 6.15.